The summed E-state index contributed by atoms with van der Waals surface area (Å²) in [6, 6.07) is 7.28. The second-order valence-corrected chi connectivity index (χ2v) is 3.09. The van der Waals surface area contributed by atoms with Gasteiger partial charge in [0.05, 0.1) is 0 Å². The lowest BCUT2D eigenvalue weighted by Gasteiger charge is -1.97. The van der Waals surface area contributed by atoms with Crippen LogP contribution in [0.5, 0.6) is 5.75 Å². The molecule has 10 heavy (non-hydrogen) atoms. The predicted molar refractivity (Wildman–Crippen MR) is 53.1 cm³/mol. The van der Waals surface area contributed by atoms with Crippen molar-refractivity contribution in [3.8, 4) is 5.75 Å². The minimum atomic E-state index is 0.755. The summed E-state index contributed by atoms with van der Waals surface area (Å²) in [5.41, 5.74) is 6.21. The van der Waals surface area contributed by atoms with Crippen LogP contribution in [0.1, 0.15) is 0 Å². The normalized spacial score (nSPS) is 9.30. The Morgan fingerprint density at radius 2 is 1.90 bits per heavy atom. The first-order valence-corrected chi connectivity index (χ1v) is 5.92. The van der Waals surface area contributed by atoms with Crippen molar-refractivity contribution in [1.29, 1.82) is 0 Å². The molecule has 1 aromatic carbocycles. The molecule has 0 saturated carbocycles. The van der Waals surface area contributed by atoms with Crippen molar-refractivity contribution in [2.75, 3.05) is 5.73 Å². The highest BCUT2D eigenvalue weighted by atomic mass is 127. The fourth-order valence-electron chi connectivity index (χ4n) is 0.560. The van der Waals surface area contributed by atoms with Crippen molar-refractivity contribution in [1.82, 2.24) is 0 Å². The van der Waals surface area contributed by atoms with Gasteiger partial charge < -0.3 is 9.92 Å². The number of halogens is 1. The Balaban J connectivity index is 2.69. The molecule has 54 valence electrons. The van der Waals surface area contributed by atoms with Gasteiger partial charge in [-0.1, -0.05) is 0 Å². The van der Waals surface area contributed by atoms with Crippen LogP contribution in [0.4, 0.5) is 5.69 Å². The van der Waals surface area contributed by atoms with Crippen LogP contribution in [0.3, 0.4) is 0 Å². The summed E-state index contributed by atoms with van der Waals surface area (Å²) >= 11 is 2.06. The van der Waals surface area contributed by atoms with E-state index in [1.807, 2.05) is 24.3 Å². The first-order valence-electron chi connectivity index (χ1n) is 2.64. The fourth-order valence-corrected chi connectivity index (χ4v) is 1.37. The van der Waals surface area contributed by atoms with Gasteiger partial charge in [0.2, 0.25) is 0 Å². The Morgan fingerprint density at radius 1 is 1.30 bits per heavy atom. The van der Waals surface area contributed by atoms with E-state index in [2.05, 4.69) is 21.2 Å². The van der Waals surface area contributed by atoms with Gasteiger partial charge in [-0.15, -0.1) is 0 Å². The maximum atomic E-state index is 5.46. The molecule has 0 spiro atoms. The van der Waals surface area contributed by atoms with E-state index >= 15 is 0 Å². The van der Waals surface area contributed by atoms with Gasteiger partial charge in [-0.2, -0.15) is 0 Å². The molecule has 1 aromatic rings. The molecule has 0 aliphatic carbocycles. The zero-order chi connectivity index (χ0) is 7.40. The van der Waals surface area contributed by atoms with Gasteiger partial charge >= 0.3 is 0 Å². The summed E-state index contributed by atoms with van der Waals surface area (Å²) in [5.74, 6) is 0.827. The van der Waals surface area contributed by atoms with Gasteiger partial charge in [0.25, 0.3) is 0 Å². The van der Waals surface area contributed by atoms with Crippen molar-refractivity contribution in [3.05, 3.63) is 24.3 Å². The molecule has 1 rings (SSSR count). The Bertz CT molecular complexity index is 201. The van der Waals surface area contributed by atoms with Crippen LogP contribution in [-0.4, -0.2) is 0 Å². The number of anilines is 1. The lowest BCUT2D eigenvalue weighted by molar-refractivity contribution is 0.658. The number of nitrogens with two attached hydrogens (primary N) is 1. The molecule has 0 unspecified atom stereocenters. The zero-order valence-electron chi connectivity index (χ0n) is 5.08. The van der Waals surface area contributed by atoms with Gasteiger partial charge in [-0.3, -0.25) is 0 Å². The van der Waals surface area contributed by atoms with E-state index in [-0.39, 0.29) is 0 Å². The quantitative estimate of drug-likeness (QED) is 0.508. The SMILES string of the molecule is Nc1ccc(OSI)cc1. The lowest BCUT2D eigenvalue weighted by atomic mass is 10.3. The molecule has 4 heteroatoms. The molecule has 0 aliphatic heterocycles. The maximum absolute atomic E-state index is 5.46. The van der Waals surface area contributed by atoms with E-state index in [9.17, 15) is 0 Å². The van der Waals surface area contributed by atoms with Crippen molar-refractivity contribution >= 4 is 36.1 Å². The van der Waals surface area contributed by atoms with E-state index in [1.165, 1.54) is 9.21 Å². The highest BCUT2D eigenvalue weighted by molar-refractivity contribution is 14.2. The van der Waals surface area contributed by atoms with Gasteiger partial charge in [0.15, 0.2) is 0 Å². The first kappa shape index (κ1) is 8.00. The number of rotatable bonds is 2. The molecule has 0 heterocycles. The third-order valence-corrected chi connectivity index (χ3v) is 1.80. The molecule has 2 N–H and O–H groups in total. The van der Waals surface area contributed by atoms with E-state index in [4.69, 9.17) is 9.92 Å². The standard InChI is InChI=1S/C6H6INOS/c7-10-9-6-3-1-5(8)2-4-6/h1-4H,8H2. The first-order chi connectivity index (χ1) is 4.83. The van der Waals surface area contributed by atoms with Crippen molar-refractivity contribution in [2.24, 2.45) is 0 Å². The summed E-state index contributed by atoms with van der Waals surface area (Å²) < 4.78 is 5.11. The second-order valence-electron chi connectivity index (χ2n) is 1.72. The van der Waals surface area contributed by atoms with Crippen LogP contribution in [0.15, 0.2) is 24.3 Å². The molecular weight excluding hydrogens is 261 g/mol. The Hall–Kier alpha value is -0.100. The molecule has 0 aliphatic rings. The van der Waals surface area contributed by atoms with Crippen LogP contribution in [0, 0.1) is 0 Å². The van der Waals surface area contributed by atoms with E-state index in [0.717, 1.165) is 11.4 Å². The molecule has 0 fully saturated rings. The molecule has 0 aromatic heterocycles. The highest BCUT2D eigenvalue weighted by Gasteiger charge is 1.90. The minimum absolute atomic E-state index is 0.755. The Labute approximate surface area is 75.9 Å². The third-order valence-electron chi connectivity index (χ3n) is 1.01. The zero-order valence-corrected chi connectivity index (χ0v) is 8.06. The summed E-state index contributed by atoms with van der Waals surface area (Å²) in [4.78, 5) is 0. The monoisotopic (exact) mass is 267 g/mol. The summed E-state index contributed by atoms with van der Waals surface area (Å²) in [5, 5.41) is 0. The lowest BCUT2D eigenvalue weighted by Crippen LogP contribution is -1.83. The number of hydrogen-bond donors (Lipinski definition) is 1. The fraction of sp³-hybridized carbons (Fsp3) is 0. The maximum Gasteiger partial charge on any atom is 0.138 e. The smallest absolute Gasteiger partial charge is 0.138 e. The predicted octanol–water partition coefficient (Wildman–Crippen LogP) is 2.65. The molecule has 0 radical (unpaired) electrons. The second kappa shape index (κ2) is 3.92. The van der Waals surface area contributed by atoms with Gasteiger partial charge in [-0.05, 0) is 24.3 Å². The van der Waals surface area contributed by atoms with Crippen LogP contribution >= 0.6 is 30.4 Å². The summed E-state index contributed by atoms with van der Waals surface area (Å²) in [6.07, 6.45) is 0. The van der Waals surface area contributed by atoms with Crippen LogP contribution in [0.2, 0.25) is 0 Å². The minimum Gasteiger partial charge on any atom is -0.415 e. The van der Waals surface area contributed by atoms with Gasteiger partial charge in [-0.25, -0.2) is 0 Å². The summed E-state index contributed by atoms with van der Waals surface area (Å²) in [6.45, 7) is 0. The van der Waals surface area contributed by atoms with Gasteiger partial charge in [0.1, 0.15) is 15.0 Å². The molecule has 0 saturated heterocycles. The van der Waals surface area contributed by atoms with E-state index in [0.29, 0.717) is 0 Å². The average molecular weight is 267 g/mol. The highest BCUT2D eigenvalue weighted by Crippen LogP contribution is 2.21. The molecule has 0 amide bonds. The van der Waals surface area contributed by atoms with Crippen LogP contribution in [0.25, 0.3) is 0 Å². The van der Waals surface area contributed by atoms with Crippen LogP contribution in [-0.2, 0) is 0 Å². The van der Waals surface area contributed by atoms with Crippen molar-refractivity contribution in [3.63, 3.8) is 0 Å². The van der Waals surface area contributed by atoms with Gasteiger partial charge in [0, 0.05) is 26.9 Å². The molecule has 2 nitrogen and oxygen atoms in total. The van der Waals surface area contributed by atoms with E-state index in [1.54, 1.807) is 0 Å². The number of nitrogen functional groups attached to an aromatic ring is 1. The van der Waals surface area contributed by atoms with Crippen molar-refractivity contribution < 1.29 is 4.18 Å². The summed E-state index contributed by atoms with van der Waals surface area (Å²) in [7, 11) is 1.29. The van der Waals surface area contributed by atoms with Crippen LogP contribution < -0.4 is 9.92 Å². The largest absolute Gasteiger partial charge is 0.415 e. The number of benzene rings is 1. The molecular formula is C6H6INOS. The average Bonchev–Trinajstić information content (AvgIpc) is 1.95. The Morgan fingerprint density at radius 3 is 2.40 bits per heavy atom. The molecule has 0 bridgehead atoms. The molecule has 0 atom stereocenters. The third kappa shape index (κ3) is 2.26. The Kier molecular flexibility index (Phi) is 3.14. The number of hydrogen-bond acceptors (Lipinski definition) is 3. The topological polar surface area (TPSA) is 35.2 Å². The van der Waals surface area contributed by atoms with E-state index < -0.39 is 0 Å². The van der Waals surface area contributed by atoms with Crippen molar-refractivity contribution in [2.45, 2.75) is 0 Å².